The summed E-state index contributed by atoms with van der Waals surface area (Å²) in [5, 5.41) is 10.1. The zero-order valence-electron chi connectivity index (χ0n) is 16.6. The third kappa shape index (κ3) is 5.40. The number of hydrogen-bond acceptors (Lipinski definition) is 7. The maximum absolute atomic E-state index is 12.0. The van der Waals surface area contributed by atoms with Crippen molar-refractivity contribution in [1.29, 1.82) is 0 Å². The maximum Gasteiger partial charge on any atom is 0.255 e. The van der Waals surface area contributed by atoms with Crippen LogP contribution in [-0.2, 0) is 4.74 Å². The molecule has 1 fully saturated rings. The molecule has 1 aliphatic rings. The zero-order chi connectivity index (χ0) is 20.6. The number of amides is 1. The van der Waals surface area contributed by atoms with Crippen molar-refractivity contribution in [1.82, 2.24) is 15.1 Å². The number of carbonyl (C=O) groups is 1. The number of rotatable bonds is 7. The summed E-state index contributed by atoms with van der Waals surface area (Å²) in [5.41, 5.74) is 6.83. The maximum atomic E-state index is 12.0. The smallest absolute Gasteiger partial charge is 0.255 e. The van der Waals surface area contributed by atoms with Crippen LogP contribution in [-0.4, -0.2) is 74.6 Å². The molecule has 4 N–H and O–H groups in total. The number of primary amides is 1. The second-order valence-electron chi connectivity index (χ2n) is 6.42. The SMILES string of the molecule is COc1cc(C#Cc2[nH]nc(NCCN3CCOCC3)c2C(N)=O)cc(OC)c1. The van der Waals surface area contributed by atoms with Crippen molar-refractivity contribution in [3.05, 3.63) is 35.0 Å². The summed E-state index contributed by atoms with van der Waals surface area (Å²) in [7, 11) is 3.14. The molecule has 29 heavy (non-hydrogen) atoms. The molecule has 2 heterocycles. The number of nitrogens with one attached hydrogen (secondary N) is 2. The number of benzene rings is 1. The molecule has 0 atom stereocenters. The Balaban J connectivity index is 1.74. The van der Waals surface area contributed by atoms with Crippen molar-refractivity contribution >= 4 is 11.7 Å². The summed E-state index contributed by atoms with van der Waals surface area (Å²) in [6, 6.07) is 5.31. The molecule has 0 unspecified atom stereocenters. The molecule has 0 saturated carbocycles. The molecule has 1 aliphatic heterocycles. The van der Waals surface area contributed by atoms with Gasteiger partial charge in [0.1, 0.15) is 22.8 Å². The molecule has 2 aromatic rings. The van der Waals surface area contributed by atoms with Gasteiger partial charge in [-0.25, -0.2) is 0 Å². The van der Waals surface area contributed by atoms with Gasteiger partial charge in [0.05, 0.1) is 27.4 Å². The normalized spacial score (nSPS) is 14.0. The fourth-order valence-electron chi connectivity index (χ4n) is 2.97. The van der Waals surface area contributed by atoms with E-state index in [-0.39, 0.29) is 5.56 Å². The van der Waals surface area contributed by atoms with Gasteiger partial charge in [0.25, 0.3) is 5.91 Å². The molecule has 0 bridgehead atoms. The van der Waals surface area contributed by atoms with Gasteiger partial charge in [0.15, 0.2) is 5.82 Å². The molecule has 154 valence electrons. The summed E-state index contributed by atoms with van der Waals surface area (Å²) < 4.78 is 15.8. The molecule has 3 rings (SSSR count). The van der Waals surface area contributed by atoms with E-state index in [0.29, 0.717) is 35.1 Å². The number of aromatic amines is 1. The van der Waals surface area contributed by atoms with Gasteiger partial charge in [-0.05, 0) is 18.1 Å². The van der Waals surface area contributed by atoms with Gasteiger partial charge >= 0.3 is 0 Å². The largest absolute Gasteiger partial charge is 0.497 e. The molecule has 0 aliphatic carbocycles. The van der Waals surface area contributed by atoms with E-state index >= 15 is 0 Å². The lowest BCUT2D eigenvalue weighted by molar-refractivity contribution is 0.0398. The van der Waals surface area contributed by atoms with Gasteiger partial charge in [-0.3, -0.25) is 14.8 Å². The van der Waals surface area contributed by atoms with E-state index in [1.165, 1.54) is 0 Å². The molecule has 9 heteroatoms. The number of morpholine rings is 1. The van der Waals surface area contributed by atoms with Gasteiger partial charge in [0, 0.05) is 37.8 Å². The predicted octanol–water partition coefficient (Wildman–Crippen LogP) is 0.670. The highest BCUT2D eigenvalue weighted by molar-refractivity contribution is 5.99. The molecule has 0 spiro atoms. The second kappa shape index (κ2) is 9.82. The van der Waals surface area contributed by atoms with Crippen LogP contribution in [0.2, 0.25) is 0 Å². The van der Waals surface area contributed by atoms with Crippen LogP contribution in [0.4, 0.5) is 5.82 Å². The predicted molar refractivity (Wildman–Crippen MR) is 108 cm³/mol. The van der Waals surface area contributed by atoms with Crippen LogP contribution in [0.1, 0.15) is 21.6 Å². The van der Waals surface area contributed by atoms with E-state index < -0.39 is 5.91 Å². The van der Waals surface area contributed by atoms with Gasteiger partial charge in [-0.2, -0.15) is 5.10 Å². The van der Waals surface area contributed by atoms with Crippen LogP contribution >= 0.6 is 0 Å². The Morgan fingerprint density at radius 3 is 2.55 bits per heavy atom. The molecule has 0 radical (unpaired) electrons. The number of aromatic nitrogens is 2. The summed E-state index contributed by atoms with van der Waals surface area (Å²) >= 11 is 0. The molecular formula is C20H25N5O4. The lowest BCUT2D eigenvalue weighted by Crippen LogP contribution is -2.39. The van der Waals surface area contributed by atoms with Crippen LogP contribution in [0.25, 0.3) is 0 Å². The molecule has 1 aromatic heterocycles. The summed E-state index contributed by atoms with van der Waals surface area (Å²) in [4.78, 5) is 14.2. The number of methoxy groups -OCH3 is 2. The van der Waals surface area contributed by atoms with Crippen molar-refractivity contribution < 1.29 is 19.0 Å². The Morgan fingerprint density at radius 1 is 1.24 bits per heavy atom. The highest BCUT2D eigenvalue weighted by Crippen LogP contribution is 2.22. The highest BCUT2D eigenvalue weighted by atomic mass is 16.5. The minimum absolute atomic E-state index is 0.245. The number of H-pyrrole nitrogens is 1. The van der Waals surface area contributed by atoms with E-state index in [4.69, 9.17) is 19.9 Å². The Kier molecular flexibility index (Phi) is 6.94. The summed E-state index contributed by atoms with van der Waals surface area (Å²) in [6.45, 7) is 4.72. The van der Waals surface area contributed by atoms with Crippen molar-refractivity contribution in [2.24, 2.45) is 5.73 Å². The number of nitrogens with zero attached hydrogens (tertiary/aromatic N) is 2. The molecule has 1 aromatic carbocycles. The lowest BCUT2D eigenvalue weighted by Gasteiger charge is -2.26. The summed E-state index contributed by atoms with van der Waals surface area (Å²) in [6.07, 6.45) is 0. The van der Waals surface area contributed by atoms with Crippen molar-refractivity contribution in [3.63, 3.8) is 0 Å². The van der Waals surface area contributed by atoms with E-state index in [1.54, 1.807) is 32.4 Å². The number of nitrogens with two attached hydrogens (primary N) is 1. The third-order valence-corrected chi connectivity index (χ3v) is 4.52. The van der Waals surface area contributed by atoms with E-state index in [2.05, 4.69) is 32.3 Å². The second-order valence-corrected chi connectivity index (χ2v) is 6.42. The van der Waals surface area contributed by atoms with Crippen molar-refractivity contribution in [3.8, 4) is 23.3 Å². The van der Waals surface area contributed by atoms with E-state index in [1.807, 2.05) is 0 Å². The number of anilines is 1. The van der Waals surface area contributed by atoms with E-state index in [0.717, 1.165) is 32.8 Å². The fourth-order valence-corrected chi connectivity index (χ4v) is 2.97. The van der Waals surface area contributed by atoms with E-state index in [9.17, 15) is 4.79 Å². The first-order valence-corrected chi connectivity index (χ1v) is 9.28. The van der Waals surface area contributed by atoms with Gasteiger partial charge in [-0.15, -0.1) is 0 Å². The molecule has 1 saturated heterocycles. The average molecular weight is 399 g/mol. The lowest BCUT2D eigenvalue weighted by atomic mass is 10.1. The number of ether oxygens (including phenoxy) is 3. The minimum Gasteiger partial charge on any atom is -0.497 e. The molecule has 1 amide bonds. The Bertz CT molecular complexity index is 887. The van der Waals surface area contributed by atoms with Gasteiger partial charge in [-0.1, -0.05) is 5.92 Å². The first-order valence-electron chi connectivity index (χ1n) is 9.28. The van der Waals surface area contributed by atoms with Crippen LogP contribution in [0.3, 0.4) is 0 Å². The Labute approximate surface area is 169 Å². The quantitative estimate of drug-likeness (QED) is 0.586. The minimum atomic E-state index is -0.597. The number of carbonyl (C=O) groups excluding carboxylic acids is 1. The highest BCUT2D eigenvalue weighted by Gasteiger charge is 2.17. The van der Waals surface area contributed by atoms with Crippen LogP contribution in [0, 0.1) is 11.8 Å². The summed E-state index contributed by atoms with van der Waals surface area (Å²) in [5.74, 6) is 6.97. The Morgan fingerprint density at radius 2 is 1.93 bits per heavy atom. The molecular weight excluding hydrogens is 374 g/mol. The van der Waals surface area contributed by atoms with Crippen molar-refractivity contribution in [2.75, 3.05) is 58.9 Å². The Hall–Kier alpha value is -3.22. The van der Waals surface area contributed by atoms with Gasteiger partial charge < -0.3 is 25.3 Å². The topological polar surface area (TPSA) is 115 Å². The average Bonchev–Trinajstić information content (AvgIpc) is 3.15. The molecule has 9 nitrogen and oxygen atoms in total. The van der Waals surface area contributed by atoms with Gasteiger partial charge in [0.2, 0.25) is 0 Å². The first kappa shape index (κ1) is 20.5. The number of hydrogen-bond donors (Lipinski definition) is 3. The fraction of sp³-hybridized carbons (Fsp3) is 0.400. The van der Waals surface area contributed by atoms with Crippen LogP contribution < -0.4 is 20.5 Å². The first-order chi connectivity index (χ1) is 14.1. The third-order valence-electron chi connectivity index (χ3n) is 4.52. The monoisotopic (exact) mass is 399 g/mol. The van der Waals surface area contributed by atoms with Crippen LogP contribution in [0.5, 0.6) is 11.5 Å². The van der Waals surface area contributed by atoms with Crippen LogP contribution in [0.15, 0.2) is 18.2 Å². The standard InChI is InChI=1S/C20H25N5O4/c1-27-15-11-14(12-16(13-15)28-2)3-4-17-18(19(21)26)20(24-23-17)22-5-6-25-7-9-29-10-8-25/h11-13H,5-10H2,1-2H3,(H2,21,26)(H2,22,23,24). The van der Waals surface area contributed by atoms with Crippen molar-refractivity contribution in [2.45, 2.75) is 0 Å². The zero-order valence-corrected chi connectivity index (χ0v) is 16.6.